The molecular weight excluding hydrogens is 310 g/mol. The molecule has 0 saturated heterocycles. The van der Waals surface area contributed by atoms with Gasteiger partial charge in [-0.05, 0) is 31.0 Å². The van der Waals surface area contributed by atoms with Gasteiger partial charge in [0.2, 0.25) is 0 Å². The van der Waals surface area contributed by atoms with E-state index in [4.69, 9.17) is 11.6 Å². The van der Waals surface area contributed by atoms with Gasteiger partial charge in [0.05, 0.1) is 4.90 Å². The molecule has 0 aliphatic heterocycles. The summed E-state index contributed by atoms with van der Waals surface area (Å²) in [7, 11) is -3.33. The van der Waals surface area contributed by atoms with Gasteiger partial charge in [-0.3, -0.25) is 4.79 Å². The van der Waals surface area contributed by atoms with Crippen LogP contribution in [0.3, 0.4) is 0 Å². The minimum absolute atomic E-state index is 0.109. The molecule has 0 spiro atoms. The van der Waals surface area contributed by atoms with E-state index in [1.165, 1.54) is 12.1 Å². The first-order valence-corrected chi connectivity index (χ1v) is 9.44. The molecule has 0 aliphatic rings. The standard InChI is InChI=1S/C15H22ClNO3S/c1-4-13(5-2)17(10-9-16)15(18)12-7-6-8-14(11-12)21(3,19)20/h6-8,11,13H,4-5,9-10H2,1-3H3. The summed E-state index contributed by atoms with van der Waals surface area (Å²) < 4.78 is 23.2. The molecule has 0 heterocycles. The Hall–Kier alpha value is -1.07. The summed E-state index contributed by atoms with van der Waals surface area (Å²) in [5.41, 5.74) is 0.384. The lowest BCUT2D eigenvalue weighted by Gasteiger charge is -2.30. The van der Waals surface area contributed by atoms with Gasteiger partial charge in [-0.1, -0.05) is 19.9 Å². The average Bonchev–Trinajstić information content (AvgIpc) is 2.46. The summed E-state index contributed by atoms with van der Waals surface area (Å²) in [5, 5.41) is 0. The van der Waals surface area contributed by atoms with Crippen LogP contribution in [0.15, 0.2) is 29.2 Å². The van der Waals surface area contributed by atoms with Crippen molar-refractivity contribution in [1.29, 1.82) is 0 Å². The third kappa shape index (κ3) is 4.71. The van der Waals surface area contributed by atoms with Gasteiger partial charge < -0.3 is 4.90 Å². The van der Waals surface area contributed by atoms with Crippen molar-refractivity contribution in [1.82, 2.24) is 4.90 Å². The van der Waals surface area contributed by atoms with Crippen LogP contribution in [0.4, 0.5) is 0 Å². The topological polar surface area (TPSA) is 54.5 Å². The summed E-state index contributed by atoms with van der Waals surface area (Å²) in [5.74, 6) is 0.184. The molecule has 0 N–H and O–H groups in total. The Morgan fingerprint density at radius 2 is 1.90 bits per heavy atom. The number of alkyl halides is 1. The third-order valence-electron chi connectivity index (χ3n) is 3.48. The van der Waals surface area contributed by atoms with Crippen LogP contribution in [-0.2, 0) is 9.84 Å². The van der Waals surface area contributed by atoms with Gasteiger partial charge in [-0.2, -0.15) is 0 Å². The third-order valence-corrected chi connectivity index (χ3v) is 4.76. The summed E-state index contributed by atoms with van der Waals surface area (Å²) in [4.78, 5) is 14.5. The zero-order valence-corrected chi connectivity index (χ0v) is 14.2. The number of nitrogens with zero attached hydrogens (tertiary/aromatic N) is 1. The average molecular weight is 332 g/mol. The van der Waals surface area contributed by atoms with Crippen LogP contribution in [0.1, 0.15) is 37.0 Å². The van der Waals surface area contributed by atoms with Gasteiger partial charge in [0.25, 0.3) is 5.91 Å². The number of hydrogen-bond donors (Lipinski definition) is 0. The van der Waals surface area contributed by atoms with E-state index in [0.717, 1.165) is 19.1 Å². The Bertz CT molecular complexity index is 582. The van der Waals surface area contributed by atoms with Crippen molar-refractivity contribution < 1.29 is 13.2 Å². The van der Waals surface area contributed by atoms with Gasteiger partial charge in [0.15, 0.2) is 9.84 Å². The molecule has 21 heavy (non-hydrogen) atoms. The number of rotatable bonds is 7. The molecule has 1 amide bonds. The fourth-order valence-electron chi connectivity index (χ4n) is 2.30. The second-order valence-electron chi connectivity index (χ2n) is 4.96. The number of sulfone groups is 1. The highest BCUT2D eigenvalue weighted by molar-refractivity contribution is 7.90. The summed E-state index contributed by atoms with van der Waals surface area (Å²) >= 11 is 5.80. The maximum atomic E-state index is 12.6. The lowest BCUT2D eigenvalue weighted by Crippen LogP contribution is -2.41. The van der Waals surface area contributed by atoms with Crippen molar-refractivity contribution in [2.24, 2.45) is 0 Å². The van der Waals surface area contributed by atoms with Crippen molar-refractivity contribution in [3.05, 3.63) is 29.8 Å². The first kappa shape index (κ1) is 18.0. The number of carbonyl (C=O) groups excluding carboxylic acids is 1. The van der Waals surface area contributed by atoms with Crippen LogP contribution in [0.25, 0.3) is 0 Å². The van der Waals surface area contributed by atoms with E-state index in [9.17, 15) is 13.2 Å². The van der Waals surface area contributed by atoms with Crippen molar-refractivity contribution in [2.45, 2.75) is 37.6 Å². The Kier molecular flexibility index (Phi) is 6.68. The van der Waals surface area contributed by atoms with Crippen molar-refractivity contribution >= 4 is 27.3 Å². The summed E-state index contributed by atoms with van der Waals surface area (Å²) in [6, 6.07) is 6.27. The maximum Gasteiger partial charge on any atom is 0.254 e. The number of amides is 1. The summed E-state index contributed by atoms with van der Waals surface area (Å²) in [6.07, 6.45) is 2.81. The van der Waals surface area contributed by atoms with Gasteiger partial charge in [-0.25, -0.2) is 8.42 Å². The predicted octanol–water partition coefficient (Wildman–Crippen LogP) is 2.96. The van der Waals surface area contributed by atoms with E-state index < -0.39 is 9.84 Å². The highest BCUT2D eigenvalue weighted by Crippen LogP contribution is 2.17. The molecule has 0 fully saturated rings. The Labute approximate surface area is 132 Å². The Balaban J connectivity index is 3.15. The molecule has 1 rings (SSSR count). The minimum atomic E-state index is -3.33. The molecule has 4 nitrogen and oxygen atoms in total. The van der Waals surface area contributed by atoms with Crippen molar-refractivity contribution in [3.8, 4) is 0 Å². The van der Waals surface area contributed by atoms with E-state index in [-0.39, 0.29) is 16.8 Å². The molecule has 118 valence electrons. The lowest BCUT2D eigenvalue weighted by atomic mass is 10.1. The number of benzene rings is 1. The van der Waals surface area contributed by atoms with E-state index >= 15 is 0 Å². The van der Waals surface area contributed by atoms with E-state index in [1.54, 1.807) is 17.0 Å². The maximum absolute atomic E-state index is 12.6. The molecule has 0 radical (unpaired) electrons. The highest BCUT2D eigenvalue weighted by Gasteiger charge is 2.22. The predicted molar refractivity (Wildman–Crippen MR) is 85.7 cm³/mol. The molecule has 0 bridgehead atoms. The molecule has 0 aromatic heterocycles. The number of carbonyl (C=O) groups is 1. The summed E-state index contributed by atoms with van der Waals surface area (Å²) in [6.45, 7) is 4.50. The molecule has 0 unspecified atom stereocenters. The zero-order valence-electron chi connectivity index (χ0n) is 12.7. The van der Waals surface area contributed by atoms with Gasteiger partial charge >= 0.3 is 0 Å². The second-order valence-corrected chi connectivity index (χ2v) is 7.35. The molecule has 6 heteroatoms. The fourth-order valence-corrected chi connectivity index (χ4v) is 3.14. The van der Waals surface area contributed by atoms with Crippen LogP contribution in [0.5, 0.6) is 0 Å². The van der Waals surface area contributed by atoms with E-state index in [1.807, 2.05) is 13.8 Å². The van der Waals surface area contributed by atoms with Gasteiger partial charge in [0, 0.05) is 30.3 Å². The SMILES string of the molecule is CCC(CC)N(CCCl)C(=O)c1cccc(S(C)(=O)=O)c1. The first-order valence-electron chi connectivity index (χ1n) is 7.02. The number of hydrogen-bond acceptors (Lipinski definition) is 3. The van der Waals surface area contributed by atoms with E-state index in [0.29, 0.717) is 18.0 Å². The highest BCUT2D eigenvalue weighted by atomic mass is 35.5. The fraction of sp³-hybridized carbons (Fsp3) is 0.533. The minimum Gasteiger partial charge on any atom is -0.334 e. The molecule has 1 aromatic carbocycles. The van der Waals surface area contributed by atoms with E-state index in [2.05, 4.69) is 0 Å². The van der Waals surface area contributed by atoms with Crippen molar-refractivity contribution in [2.75, 3.05) is 18.7 Å². The smallest absolute Gasteiger partial charge is 0.254 e. The van der Waals surface area contributed by atoms with Crippen LogP contribution >= 0.6 is 11.6 Å². The van der Waals surface area contributed by atoms with Gasteiger partial charge in [0.1, 0.15) is 0 Å². The largest absolute Gasteiger partial charge is 0.334 e. The number of halogens is 1. The van der Waals surface area contributed by atoms with Gasteiger partial charge in [-0.15, -0.1) is 11.6 Å². The second kappa shape index (κ2) is 7.80. The van der Waals surface area contributed by atoms with Crippen LogP contribution in [0.2, 0.25) is 0 Å². The van der Waals surface area contributed by atoms with Crippen LogP contribution < -0.4 is 0 Å². The Morgan fingerprint density at radius 3 is 2.38 bits per heavy atom. The molecule has 0 atom stereocenters. The quantitative estimate of drug-likeness (QED) is 0.722. The molecule has 0 saturated carbocycles. The monoisotopic (exact) mass is 331 g/mol. The zero-order chi connectivity index (χ0) is 16.0. The molecule has 0 aliphatic carbocycles. The van der Waals surface area contributed by atoms with Crippen LogP contribution in [-0.4, -0.2) is 43.9 Å². The normalized spacial score (nSPS) is 11.7. The molecular formula is C15H22ClNO3S. The first-order chi connectivity index (χ1) is 9.85. The molecule has 1 aromatic rings. The lowest BCUT2D eigenvalue weighted by molar-refractivity contribution is 0.0681. The Morgan fingerprint density at radius 1 is 1.29 bits per heavy atom. The van der Waals surface area contributed by atoms with Crippen molar-refractivity contribution in [3.63, 3.8) is 0 Å². The van der Waals surface area contributed by atoms with Crippen LogP contribution in [0, 0.1) is 0 Å².